The van der Waals surface area contributed by atoms with Gasteiger partial charge in [-0.1, -0.05) is 13.0 Å². The summed E-state index contributed by atoms with van der Waals surface area (Å²) in [6.45, 7) is 5.64. The molecule has 21 heavy (non-hydrogen) atoms. The molecule has 1 aromatic carbocycles. The molecule has 1 heterocycles. The van der Waals surface area contributed by atoms with Gasteiger partial charge in [0.25, 0.3) is 0 Å². The van der Waals surface area contributed by atoms with Crippen LogP contribution in [0, 0.1) is 5.82 Å². The molecule has 2 rings (SSSR count). The third kappa shape index (κ3) is 4.66. The Morgan fingerprint density at radius 3 is 2.76 bits per heavy atom. The van der Waals surface area contributed by atoms with Crippen LogP contribution in [0.1, 0.15) is 25.3 Å². The van der Waals surface area contributed by atoms with Crippen LogP contribution in [-0.4, -0.2) is 44.1 Å². The molecule has 1 aliphatic rings. The van der Waals surface area contributed by atoms with Gasteiger partial charge in [-0.3, -0.25) is 0 Å². The number of nitrogens with one attached hydrogen (secondary N) is 1. The van der Waals surface area contributed by atoms with Crippen LogP contribution in [-0.2, 0) is 11.3 Å². The first kappa shape index (κ1) is 16.2. The number of piperidine rings is 1. The SMILES string of the molecule is CCNCc1ccc(N2CCC(OCCO)CC2)c(F)c1. The van der Waals surface area contributed by atoms with Crippen molar-refractivity contribution in [3.8, 4) is 0 Å². The average Bonchev–Trinajstić information content (AvgIpc) is 2.52. The molecule has 0 saturated carbocycles. The summed E-state index contributed by atoms with van der Waals surface area (Å²) < 4.78 is 19.8. The molecule has 0 bridgehead atoms. The normalized spacial score (nSPS) is 16.4. The fourth-order valence-corrected chi connectivity index (χ4v) is 2.67. The Hall–Kier alpha value is -1.17. The molecule has 1 fully saturated rings. The lowest BCUT2D eigenvalue weighted by Gasteiger charge is -2.33. The first-order valence-corrected chi connectivity index (χ1v) is 7.71. The number of halogens is 1. The fraction of sp³-hybridized carbons (Fsp3) is 0.625. The number of hydrogen-bond acceptors (Lipinski definition) is 4. The van der Waals surface area contributed by atoms with Crippen LogP contribution in [0.15, 0.2) is 18.2 Å². The van der Waals surface area contributed by atoms with E-state index in [-0.39, 0.29) is 18.5 Å². The standard InChI is InChI=1S/C16H25FN2O2/c1-2-18-12-13-3-4-16(15(17)11-13)19-7-5-14(6-8-19)21-10-9-20/h3-4,11,14,18,20H,2,5-10,12H2,1H3. The van der Waals surface area contributed by atoms with Crippen LogP contribution in [0.2, 0.25) is 0 Å². The molecule has 1 aliphatic heterocycles. The topological polar surface area (TPSA) is 44.7 Å². The maximum absolute atomic E-state index is 14.2. The third-order valence-corrected chi connectivity index (χ3v) is 3.82. The zero-order valence-corrected chi connectivity index (χ0v) is 12.6. The van der Waals surface area contributed by atoms with Gasteiger partial charge in [0.2, 0.25) is 0 Å². The van der Waals surface area contributed by atoms with E-state index in [2.05, 4.69) is 10.2 Å². The van der Waals surface area contributed by atoms with Gasteiger partial charge in [-0.05, 0) is 37.1 Å². The molecule has 118 valence electrons. The lowest BCUT2D eigenvalue weighted by molar-refractivity contribution is 0.0158. The number of aliphatic hydroxyl groups excluding tert-OH is 1. The molecular formula is C16H25FN2O2. The van der Waals surface area contributed by atoms with E-state index in [1.807, 2.05) is 19.1 Å². The zero-order valence-electron chi connectivity index (χ0n) is 12.6. The van der Waals surface area contributed by atoms with E-state index >= 15 is 0 Å². The van der Waals surface area contributed by atoms with Crippen molar-refractivity contribution in [2.24, 2.45) is 0 Å². The first-order valence-electron chi connectivity index (χ1n) is 7.71. The predicted octanol–water partition coefficient (Wildman–Crippen LogP) is 1.91. The van der Waals surface area contributed by atoms with Gasteiger partial charge in [0, 0.05) is 19.6 Å². The van der Waals surface area contributed by atoms with Gasteiger partial charge < -0.3 is 20.1 Å². The fourth-order valence-electron chi connectivity index (χ4n) is 2.67. The molecule has 2 N–H and O–H groups in total. The lowest BCUT2D eigenvalue weighted by atomic mass is 10.1. The third-order valence-electron chi connectivity index (χ3n) is 3.82. The average molecular weight is 296 g/mol. The minimum Gasteiger partial charge on any atom is -0.394 e. The predicted molar refractivity (Wildman–Crippen MR) is 82.1 cm³/mol. The largest absolute Gasteiger partial charge is 0.394 e. The minimum atomic E-state index is -0.153. The van der Waals surface area contributed by atoms with Crippen molar-refractivity contribution in [1.29, 1.82) is 0 Å². The maximum Gasteiger partial charge on any atom is 0.146 e. The maximum atomic E-state index is 14.2. The molecule has 0 radical (unpaired) electrons. The van der Waals surface area contributed by atoms with Crippen molar-refractivity contribution in [1.82, 2.24) is 5.32 Å². The Morgan fingerprint density at radius 2 is 2.14 bits per heavy atom. The second-order valence-electron chi connectivity index (χ2n) is 5.35. The monoisotopic (exact) mass is 296 g/mol. The van der Waals surface area contributed by atoms with E-state index in [0.717, 1.165) is 38.0 Å². The van der Waals surface area contributed by atoms with Crippen molar-refractivity contribution in [3.05, 3.63) is 29.6 Å². The number of anilines is 1. The van der Waals surface area contributed by atoms with Crippen LogP contribution in [0.25, 0.3) is 0 Å². The summed E-state index contributed by atoms with van der Waals surface area (Å²) >= 11 is 0. The van der Waals surface area contributed by atoms with Crippen LogP contribution in [0.5, 0.6) is 0 Å². The van der Waals surface area contributed by atoms with Crippen molar-refractivity contribution < 1.29 is 14.2 Å². The lowest BCUT2D eigenvalue weighted by Crippen LogP contribution is -2.37. The second kappa shape index (κ2) is 8.32. The Morgan fingerprint density at radius 1 is 1.38 bits per heavy atom. The van der Waals surface area contributed by atoms with Gasteiger partial charge in [-0.25, -0.2) is 4.39 Å². The quantitative estimate of drug-likeness (QED) is 0.807. The molecule has 1 saturated heterocycles. The summed E-state index contributed by atoms with van der Waals surface area (Å²) in [5.41, 5.74) is 1.65. The highest BCUT2D eigenvalue weighted by molar-refractivity contribution is 5.49. The molecule has 0 amide bonds. The molecule has 0 aliphatic carbocycles. The van der Waals surface area contributed by atoms with E-state index in [0.29, 0.717) is 18.8 Å². The number of rotatable bonds is 7. The molecular weight excluding hydrogens is 271 g/mol. The van der Waals surface area contributed by atoms with E-state index in [1.165, 1.54) is 0 Å². The number of aliphatic hydroxyl groups is 1. The molecule has 0 spiro atoms. The van der Waals surface area contributed by atoms with E-state index in [4.69, 9.17) is 9.84 Å². The number of nitrogens with zero attached hydrogens (tertiary/aromatic N) is 1. The van der Waals surface area contributed by atoms with Crippen LogP contribution >= 0.6 is 0 Å². The molecule has 0 atom stereocenters. The van der Waals surface area contributed by atoms with Gasteiger partial charge in [-0.15, -0.1) is 0 Å². The van der Waals surface area contributed by atoms with E-state index < -0.39 is 0 Å². The van der Waals surface area contributed by atoms with Crippen molar-refractivity contribution in [3.63, 3.8) is 0 Å². The Labute approximate surface area is 125 Å². The second-order valence-corrected chi connectivity index (χ2v) is 5.35. The highest BCUT2D eigenvalue weighted by Crippen LogP contribution is 2.25. The molecule has 1 aromatic rings. The summed E-state index contributed by atoms with van der Waals surface area (Å²) in [6, 6.07) is 5.47. The molecule has 5 heteroatoms. The van der Waals surface area contributed by atoms with E-state index in [1.54, 1.807) is 6.07 Å². The summed E-state index contributed by atoms with van der Waals surface area (Å²) in [4.78, 5) is 2.07. The van der Waals surface area contributed by atoms with Crippen molar-refractivity contribution in [2.75, 3.05) is 37.7 Å². The summed E-state index contributed by atoms with van der Waals surface area (Å²) in [5, 5.41) is 12.0. The van der Waals surface area contributed by atoms with Crippen LogP contribution < -0.4 is 10.2 Å². The van der Waals surface area contributed by atoms with Gasteiger partial charge in [0.05, 0.1) is 25.0 Å². The first-order chi connectivity index (χ1) is 10.2. The smallest absolute Gasteiger partial charge is 0.146 e. The Bertz CT molecular complexity index is 434. The van der Waals surface area contributed by atoms with Gasteiger partial charge in [-0.2, -0.15) is 0 Å². The summed E-state index contributed by atoms with van der Waals surface area (Å²) in [6.07, 6.45) is 1.93. The van der Waals surface area contributed by atoms with Gasteiger partial charge >= 0.3 is 0 Å². The van der Waals surface area contributed by atoms with Crippen LogP contribution in [0.3, 0.4) is 0 Å². The Balaban J connectivity index is 1.91. The van der Waals surface area contributed by atoms with Gasteiger partial charge in [0.1, 0.15) is 5.82 Å². The summed E-state index contributed by atoms with van der Waals surface area (Å²) in [5.74, 6) is -0.153. The molecule has 0 aromatic heterocycles. The van der Waals surface area contributed by atoms with Crippen molar-refractivity contribution in [2.45, 2.75) is 32.4 Å². The highest BCUT2D eigenvalue weighted by atomic mass is 19.1. The van der Waals surface area contributed by atoms with Crippen molar-refractivity contribution >= 4 is 5.69 Å². The minimum absolute atomic E-state index is 0.0576. The molecule has 0 unspecified atom stereocenters. The number of benzene rings is 1. The highest BCUT2D eigenvalue weighted by Gasteiger charge is 2.21. The summed E-state index contributed by atoms with van der Waals surface area (Å²) in [7, 11) is 0. The number of hydrogen-bond donors (Lipinski definition) is 2. The zero-order chi connectivity index (χ0) is 15.1. The van der Waals surface area contributed by atoms with E-state index in [9.17, 15) is 4.39 Å². The Kier molecular flexibility index (Phi) is 6.42. The van der Waals surface area contributed by atoms with Gasteiger partial charge in [0.15, 0.2) is 0 Å². The molecule has 4 nitrogen and oxygen atoms in total. The number of ether oxygens (including phenoxy) is 1. The van der Waals surface area contributed by atoms with Crippen LogP contribution in [0.4, 0.5) is 10.1 Å².